The fourth-order valence-corrected chi connectivity index (χ4v) is 2.88. The Morgan fingerprint density at radius 2 is 1.24 bits per heavy atom. The van der Waals surface area contributed by atoms with E-state index in [1.807, 2.05) is 0 Å². The van der Waals surface area contributed by atoms with Crippen molar-refractivity contribution in [3.63, 3.8) is 0 Å². The molecule has 140 valence electrons. The second kappa shape index (κ2) is 10.8. The van der Waals surface area contributed by atoms with Crippen molar-refractivity contribution in [2.45, 2.75) is 82.8 Å². The van der Waals surface area contributed by atoms with Crippen LogP contribution in [0.15, 0.2) is 0 Å². The Bertz CT molecular complexity index is 514. The van der Waals surface area contributed by atoms with Gasteiger partial charge >= 0.3 is 0 Å². The number of unbranched alkanes of at least 4 members (excludes halogenated alkanes) is 1. The number of nitrogens with one attached hydrogen (secondary N) is 2. The Morgan fingerprint density at radius 3 is 1.68 bits per heavy atom. The van der Waals surface area contributed by atoms with Crippen LogP contribution >= 0.6 is 0 Å². The molecule has 2 aromatic heterocycles. The fourth-order valence-electron chi connectivity index (χ4n) is 2.88. The molecule has 2 atom stereocenters. The monoisotopic (exact) mass is 352 g/mol. The second-order valence-electron chi connectivity index (χ2n) is 6.40. The third-order valence-corrected chi connectivity index (χ3v) is 4.34. The summed E-state index contributed by atoms with van der Waals surface area (Å²) in [5.74, 6) is 0.852. The topological polar surface area (TPSA) is 149 Å². The van der Waals surface area contributed by atoms with Gasteiger partial charge in [-0.05, 0) is 44.9 Å². The first kappa shape index (κ1) is 19.4. The van der Waals surface area contributed by atoms with E-state index in [0.29, 0.717) is 30.9 Å². The summed E-state index contributed by atoms with van der Waals surface area (Å²) in [5, 5.41) is 48.0. The summed E-state index contributed by atoms with van der Waals surface area (Å²) in [5.41, 5.74) is 0. The van der Waals surface area contributed by atoms with Crippen molar-refractivity contribution in [3.8, 4) is 0 Å². The van der Waals surface area contributed by atoms with E-state index in [1.54, 1.807) is 0 Å². The molecular formula is C15H28N8O2. The fraction of sp³-hybridized carbons (Fsp3) is 0.867. The summed E-state index contributed by atoms with van der Waals surface area (Å²) in [6.45, 7) is 2.12. The first-order valence-corrected chi connectivity index (χ1v) is 9.03. The molecule has 2 aromatic rings. The van der Waals surface area contributed by atoms with Crippen LogP contribution in [0.5, 0.6) is 0 Å². The molecular weight excluding hydrogens is 324 g/mol. The summed E-state index contributed by atoms with van der Waals surface area (Å²) in [4.78, 5) is 0. The number of rotatable bonds is 13. The lowest BCUT2D eigenvalue weighted by Gasteiger charge is -2.14. The third kappa shape index (κ3) is 6.83. The summed E-state index contributed by atoms with van der Waals surface area (Å²) in [7, 11) is 0. The van der Waals surface area contributed by atoms with Gasteiger partial charge in [-0.25, -0.2) is 0 Å². The smallest absolute Gasteiger partial charge is 0.185 e. The molecule has 0 aliphatic heterocycles. The normalized spacial score (nSPS) is 14.1. The molecule has 2 rings (SSSR count). The Kier molecular flexibility index (Phi) is 8.40. The molecule has 10 heteroatoms. The van der Waals surface area contributed by atoms with Crippen LogP contribution in [0.4, 0.5) is 0 Å². The van der Waals surface area contributed by atoms with Gasteiger partial charge in [-0.15, -0.1) is 20.4 Å². The summed E-state index contributed by atoms with van der Waals surface area (Å²) in [6, 6.07) is 0. The molecule has 10 nitrogen and oxygen atoms in total. The van der Waals surface area contributed by atoms with Gasteiger partial charge in [-0.3, -0.25) is 0 Å². The summed E-state index contributed by atoms with van der Waals surface area (Å²) >= 11 is 0. The van der Waals surface area contributed by atoms with Gasteiger partial charge in [0.2, 0.25) is 0 Å². The Balaban J connectivity index is 1.68. The molecule has 2 heterocycles. The number of hydrogen-bond acceptors (Lipinski definition) is 8. The first-order chi connectivity index (χ1) is 12.2. The van der Waals surface area contributed by atoms with Crippen LogP contribution in [0.3, 0.4) is 0 Å². The molecule has 0 aromatic carbocycles. The highest BCUT2D eigenvalue weighted by Gasteiger charge is 2.23. The summed E-state index contributed by atoms with van der Waals surface area (Å²) in [6.07, 6.45) is 6.86. The SMILES string of the molecule is CCCCC(O)CCCC(O)CCCC(c1nn[nH]n1)c1nn[nH]n1. The molecule has 0 aliphatic carbocycles. The maximum Gasteiger partial charge on any atom is 0.185 e. The molecule has 0 saturated carbocycles. The Hall–Kier alpha value is -1.94. The van der Waals surface area contributed by atoms with Crippen molar-refractivity contribution < 1.29 is 10.2 Å². The minimum absolute atomic E-state index is 0.194. The van der Waals surface area contributed by atoms with Crippen molar-refractivity contribution in [1.29, 1.82) is 0 Å². The minimum Gasteiger partial charge on any atom is -0.393 e. The standard InChI is InChI=1S/C15H28N8O2/c1-2-3-6-11(24)7-4-8-12(25)9-5-10-13(14-16-20-21-17-14)15-18-22-23-19-15/h11-13,24-25H,2-10H2,1H3,(H,16,17,20,21)(H,18,19,22,23). The lowest BCUT2D eigenvalue weighted by molar-refractivity contribution is 0.121. The van der Waals surface area contributed by atoms with Crippen molar-refractivity contribution in [2.24, 2.45) is 0 Å². The van der Waals surface area contributed by atoms with Crippen molar-refractivity contribution in [1.82, 2.24) is 41.2 Å². The average Bonchev–Trinajstić information content (AvgIpc) is 3.30. The zero-order chi connectivity index (χ0) is 17.9. The van der Waals surface area contributed by atoms with Crippen molar-refractivity contribution >= 4 is 0 Å². The zero-order valence-electron chi connectivity index (χ0n) is 14.7. The lowest BCUT2D eigenvalue weighted by Crippen LogP contribution is -2.12. The van der Waals surface area contributed by atoms with Crippen LogP contribution in [-0.2, 0) is 0 Å². The minimum atomic E-state index is -0.366. The van der Waals surface area contributed by atoms with Gasteiger partial charge in [0.25, 0.3) is 0 Å². The Labute approximate surface area is 146 Å². The molecule has 4 N–H and O–H groups in total. The van der Waals surface area contributed by atoms with Crippen LogP contribution in [-0.4, -0.2) is 63.7 Å². The van der Waals surface area contributed by atoms with E-state index in [1.165, 1.54) is 0 Å². The maximum atomic E-state index is 10.1. The van der Waals surface area contributed by atoms with Crippen LogP contribution in [0.2, 0.25) is 0 Å². The van der Waals surface area contributed by atoms with Gasteiger partial charge in [0.1, 0.15) is 0 Å². The summed E-state index contributed by atoms with van der Waals surface area (Å²) < 4.78 is 0. The van der Waals surface area contributed by atoms with E-state index in [4.69, 9.17) is 0 Å². The van der Waals surface area contributed by atoms with Crippen LogP contribution < -0.4 is 0 Å². The number of aliphatic hydroxyl groups excluding tert-OH is 2. The van der Waals surface area contributed by atoms with Gasteiger partial charge in [-0.1, -0.05) is 30.2 Å². The number of hydrogen-bond donors (Lipinski definition) is 4. The number of aliphatic hydroxyl groups is 2. The van der Waals surface area contributed by atoms with Gasteiger partial charge in [0, 0.05) is 0 Å². The molecule has 0 bridgehead atoms. The van der Waals surface area contributed by atoms with Gasteiger partial charge in [-0.2, -0.15) is 10.4 Å². The number of aromatic nitrogens is 8. The van der Waals surface area contributed by atoms with E-state index in [2.05, 4.69) is 48.2 Å². The first-order valence-electron chi connectivity index (χ1n) is 9.03. The molecule has 0 spiro atoms. The number of aromatic amines is 2. The number of nitrogens with zero attached hydrogens (tertiary/aromatic N) is 6. The van der Waals surface area contributed by atoms with Crippen LogP contribution in [0.1, 0.15) is 82.3 Å². The second-order valence-corrected chi connectivity index (χ2v) is 6.40. The van der Waals surface area contributed by atoms with Crippen LogP contribution in [0.25, 0.3) is 0 Å². The molecule has 0 aliphatic rings. The quantitative estimate of drug-likeness (QED) is 0.418. The molecule has 0 amide bonds. The average molecular weight is 352 g/mol. The van der Waals surface area contributed by atoms with Gasteiger partial charge in [0.05, 0.1) is 18.1 Å². The predicted octanol–water partition coefficient (Wildman–Crippen LogP) is 1.10. The predicted molar refractivity (Wildman–Crippen MR) is 89.4 cm³/mol. The van der Waals surface area contributed by atoms with E-state index < -0.39 is 0 Å². The highest BCUT2D eigenvalue weighted by atomic mass is 16.3. The van der Waals surface area contributed by atoms with E-state index >= 15 is 0 Å². The molecule has 0 radical (unpaired) electrons. The number of H-pyrrole nitrogens is 2. The number of tetrazole rings is 2. The Morgan fingerprint density at radius 1 is 0.760 bits per heavy atom. The lowest BCUT2D eigenvalue weighted by atomic mass is 9.97. The zero-order valence-corrected chi connectivity index (χ0v) is 14.7. The highest BCUT2D eigenvalue weighted by Crippen LogP contribution is 2.24. The third-order valence-electron chi connectivity index (χ3n) is 4.34. The molecule has 0 fully saturated rings. The van der Waals surface area contributed by atoms with Crippen molar-refractivity contribution in [2.75, 3.05) is 0 Å². The van der Waals surface area contributed by atoms with Gasteiger partial charge in [0.15, 0.2) is 11.6 Å². The van der Waals surface area contributed by atoms with Crippen molar-refractivity contribution in [3.05, 3.63) is 11.6 Å². The maximum absolute atomic E-state index is 10.1. The molecule has 25 heavy (non-hydrogen) atoms. The van der Waals surface area contributed by atoms with E-state index in [0.717, 1.165) is 38.5 Å². The van der Waals surface area contributed by atoms with Crippen LogP contribution in [0, 0.1) is 0 Å². The molecule has 2 unspecified atom stereocenters. The van der Waals surface area contributed by atoms with E-state index in [-0.39, 0.29) is 18.1 Å². The molecule has 0 saturated heterocycles. The van der Waals surface area contributed by atoms with E-state index in [9.17, 15) is 10.2 Å². The van der Waals surface area contributed by atoms with Gasteiger partial charge < -0.3 is 10.2 Å². The largest absolute Gasteiger partial charge is 0.393 e. The highest BCUT2D eigenvalue weighted by molar-refractivity contribution is 5.05.